The number of aromatic nitrogens is 3. The summed E-state index contributed by atoms with van der Waals surface area (Å²) in [4.78, 5) is 31.8. The van der Waals surface area contributed by atoms with Crippen LogP contribution in [0, 0.1) is 0 Å². The summed E-state index contributed by atoms with van der Waals surface area (Å²) < 4.78 is 1.60. The van der Waals surface area contributed by atoms with E-state index in [1.54, 1.807) is 7.05 Å². The summed E-state index contributed by atoms with van der Waals surface area (Å²) in [6.07, 6.45) is 1.51. The number of fused-ring (bicyclic) bond motifs is 1. The van der Waals surface area contributed by atoms with Crippen LogP contribution in [-0.2, 0) is 0 Å². The molecule has 0 aliphatic heterocycles. The Balaban J connectivity index is 1.87. The van der Waals surface area contributed by atoms with Crippen LogP contribution in [0.3, 0.4) is 0 Å². The molecule has 6 nitrogen and oxygen atoms in total. The Kier molecular flexibility index (Phi) is 4.37. The van der Waals surface area contributed by atoms with E-state index in [1.165, 1.54) is 15.6 Å². The SMILES string of the molecule is CN(C(=O)c1c[nH]n2c(=O)c(Br)c(-c3ccccc3)nc12)c1ccccc1. The van der Waals surface area contributed by atoms with Gasteiger partial charge in [0.05, 0.1) is 5.69 Å². The van der Waals surface area contributed by atoms with Crippen LogP contribution in [0.15, 0.2) is 76.1 Å². The van der Waals surface area contributed by atoms with Gasteiger partial charge in [-0.2, -0.15) is 4.52 Å². The predicted octanol–water partition coefficient (Wildman–Crippen LogP) is 3.73. The Morgan fingerprint density at radius 1 is 1.07 bits per heavy atom. The lowest BCUT2D eigenvalue weighted by atomic mass is 10.1. The first-order chi connectivity index (χ1) is 13.1. The van der Waals surface area contributed by atoms with E-state index in [-0.39, 0.29) is 17.1 Å². The molecule has 0 saturated heterocycles. The monoisotopic (exact) mass is 422 g/mol. The maximum Gasteiger partial charge on any atom is 0.287 e. The van der Waals surface area contributed by atoms with E-state index in [2.05, 4.69) is 26.0 Å². The van der Waals surface area contributed by atoms with Crippen LogP contribution in [0.1, 0.15) is 10.4 Å². The van der Waals surface area contributed by atoms with Crippen molar-refractivity contribution in [1.29, 1.82) is 0 Å². The molecule has 0 aliphatic rings. The molecule has 27 heavy (non-hydrogen) atoms. The zero-order chi connectivity index (χ0) is 19.0. The van der Waals surface area contributed by atoms with Crippen LogP contribution < -0.4 is 10.5 Å². The zero-order valence-electron chi connectivity index (χ0n) is 14.4. The normalized spacial score (nSPS) is 10.9. The van der Waals surface area contributed by atoms with E-state index in [0.29, 0.717) is 15.7 Å². The van der Waals surface area contributed by atoms with Gasteiger partial charge in [0, 0.05) is 24.5 Å². The van der Waals surface area contributed by atoms with E-state index >= 15 is 0 Å². The molecule has 1 amide bonds. The molecule has 4 aromatic rings. The van der Waals surface area contributed by atoms with Crippen molar-refractivity contribution >= 4 is 33.2 Å². The molecule has 2 heterocycles. The molecule has 0 unspecified atom stereocenters. The van der Waals surface area contributed by atoms with Crippen LogP contribution in [0.5, 0.6) is 0 Å². The molecular formula is C20H15BrN4O2. The lowest BCUT2D eigenvalue weighted by Gasteiger charge is -2.16. The topological polar surface area (TPSA) is 70.5 Å². The van der Waals surface area contributed by atoms with Gasteiger partial charge < -0.3 is 4.90 Å². The Hall–Kier alpha value is -3.19. The number of anilines is 1. The second kappa shape index (κ2) is 6.85. The first-order valence-electron chi connectivity index (χ1n) is 8.26. The van der Waals surface area contributed by atoms with E-state index in [0.717, 1.165) is 11.3 Å². The van der Waals surface area contributed by atoms with Crippen LogP contribution in [-0.4, -0.2) is 27.6 Å². The maximum absolute atomic E-state index is 13.0. The number of aromatic amines is 1. The van der Waals surface area contributed by atoms with Gasteiger partial charge in [0.1, 0.15) is 10.0 Å². The zero-order valence-corrected chi connectivity index (χ0v) is 16.0. The number of carbonyl (C=O) groups excluding carboxylic acids is 1. The molecule has 1 N–H and O–H groups in total. The highest BCUT2D eigenvalue weighted by Crippen LogP contribution is 2.25. The summed E-state index contributed by atoms with van der Waals surface area (Å²) in [5.74, 6) is -0.256. The van der Waals surface area contributed by atoms with Crippen molar-refractivity contribution in [3.05, 3.63) is 87.3 Å². The third kappa shape index (κ3) is 2.96. The van der Waals surface area contributed by atoms with Gasteiger partial charge in [0.2, 0.25) is 0 Å². The molecule has 0 radical (unpaired) electrons. The minimum atomic E-state index is -0.305. The largest absolute Gasteiger partial charge is 0.311 e. The highest BCUT2D eigenvalue weighted by atomic mass is 79.9. The number of nitrogens with one attached hydrogen (secondary N) is 1. The third-order valence-corrected chi connectivity index (χ3v) is 5.05. The van der Waals surface area contributed by atoms with Gasteiger partial charge in [-0.25, -0.2) is 4.98 Å². The van der Waals surface area contributed by atoms with Gasteiger partial charge in [0.15, 0.2) is 5.65 Å². The number of hydrogen-bond acceptors (Lipinski definition) is 3. The number of para-hydroxylation sites is 1. The molecule has 2 aromatic heterocycles. The summed E-state index contributed by atoms with van der Waals surface area (Å²) in [6, 6.07) is 18.7. The Bertz CT molecular complexity index is 1180. The summed E-state index contributed by atoms with van der Waals surface area (Å²) in [5, 5.41) is 2.83. The summed E-state index contributed by atoms with van der Waals surface area (Å²) in [5.41, 5.74) is 2.35. The van der Waals surface area contributed by atoms with Gasteiger partial charge >= 0.3 is 0 Å². The summed E-state index contributed by atoms with van der Waals surface area (Å²) in [7, 11) is 1.69. The Morgan fingerprint density at radius 2 is 1.70 bits per heavy atom. The average molecular weight is 423 g/mol. The number of halogens is 1. The number of carbonyl (C=O) groups is 1. The lowest BCUT2D eigenvalue weighted by Crippen LogP contribution is -2.26. The number of H-pyrrole nitrogens is 1. The van der Waals surface area contributed by atoms with Crippen LogP contribution in [0.2, 0.25) is 0 Å². The Labute approximate surface area is 163 Å². The fraction of sp³-hybridized carbons (Fsp3) is 0.0500. The second-order valence-corrected chi connectivity index (χ2v) is 6.78. The van der Waals surface area contributed by atoms with Crippen molar-refractivity contribution in [2.45, 2.75) is 0 Å². The standard InChI is InChI=1S/C20H15BrN4O2/c1-24(14-10-6-3-7-11-14)19(26)15-12-22-25-18(15)23-17(16(21)20(25)27)13-8-4-2-5-9-13/h2-12,22H,1H3. The fourth-order valence-corrected chi connectivity index (χ4v) is 3.38. The van der Waals surface area contributed by atoms with Crippen molar-refractivity contribution in [2.24, 2.45) is 0 Å². The molecule has 7 heteroatoms. The van der Waals surface area contributed by atoms with E-state index in [1.807, 2.05) is 60.7 Å². The van der Waals surface area contributed by atoms with Crippen molar-refractivity contribution < 1.29 is 4.79 Å². The fourth-order valence-electron chi connectivity index (χ4n) is 2.89. The van der Waals surface area contributed by atoms with Gasteiger partial charge in [-0.15, -0.1) is 0 Å². The molecular weight excluding hydrogens is 408 g/mol. The average Bonchev–Trinajstić information content (AvgIpc) is 3.15. The van der Waals surface area contributed by atoms with E-state index < -0.39 is 0 Å². The van der Waals surface area contributed by atoms with Crippen molar-refractivity contribution in [1.82, 2.24) is 14.6 Å². The molecule has 134 valence electrons. The van der Waals surface area contributed by atoms with Crippen LogP contribution in [0.4, 0.5) is 5.69 Å². The Morgan fingerprint density at radius 3 is 2.37 bits per heavy atom. The molecule has 0 spiro atoms. The quantitative estimate of drug-likeness (QED) is 0.546. The first-order valence-corrected chi connectivity index (χ1v) is 9.05. The van der Waals surface area contributed by atoms with Gasteiger partial charge in [0.25, 0.3) is 11.5 Å². The minimum Gasteiger partial charge on any atom is -0.311 e. The predicted molar refractivity (Wildman–Crippen MR) is 108 cm³/mol. The molecule has 0 fully saturated rings. The molecule has 0 aliphatic carbocycles. The van der Waals surface area contributed by atoms with Crippen LogP contribution in [0.25, 0.3) is 16.9 Å². The molecule has 0 saturated carbocycles. The third-order valence-electron chi connectivity index (χ3n) is 4.33. The van der Waals surface area contributed by atoms with Gasteiger partial charge in [-0.1, -0.05) is 48.5 Å². The summed E-state index contributed by atoms with van der Waals surface area (Å²) in [6.45, 7) is 0. The van der Waals surface area contributed by atoms with Crippen LogP contribution >= 0.6 is 15.9 Å². The molecule has 4 rings (SSSR count). The smallest absolute Gasteiger partial charge is 0.287 e. The number of nitrogens with zero attached hydrogens (tertiary/aromatic N) is 3. The van der Waals surface area contributed by atoms with Gasteiger partial charge in [-0.3, -0.25) is 14.7 Å². The minimum absolute atomic E-state index is 0.256. The molecule has 0 bridgehead atoms. The highest BCUT2D eigenvalue weighted by molar-refractivity contribution is 9.10. The molecule has 0 atom stereocenters. The number of hydrogen-bond donors (Lipinski definition) is 1. The molecule has 2 aromatic carbocycles. The van der Waals surface area contributed by atoms with Crippen molar-refractivity contribution in [3.63, 3.8) is 0 Å². The number of benzene rings is 2. The van der Waals surface area contributed by atoms with Crippen molar-refractivity contribution in [3.8, 4) is 11.3 Å². The highest BCUT2D eigenvalue weighted by Gasteiger charge is 2.22. The van der Waals surface area contributed by atoms with Gasteiger partial charge in [-0.05, 0) is 28.1 Å². The maximum atomic E-state index is 13.0. The lowest BCUT2D eigenvalue weighted by molar-refractivity contribution is 0.0994. The summed E-state index contributed by atoms with van der Waals surface area (Å²) >= 11 is 3.34. The first kappa shape index (κ1) is 17.2. The number of rotatable bonds is 3. The second-order valence-electron chi connectivity index (χ2n) is 5.99. The van der Waals surface area contributed by atoms with E-state index in [4.69, 9.17) is 0 Å². The number of amides is 1. The van der Waals surface area contributed by atoms with Crippen molar-refractivity contribution in [2.75, 3.05) is 11.9 Å². The van der Waals surface area contributed by atoms with E-state index in [9.17, 15) is 9.59 Å².